The molecule has 0 saturated carbocycles. The van der Waals surface area contributed by atoms with Crippen LogP contribution in [0.5, 0.6) is 0 Å². The zero-order chi connectivity index (χ0) is 15.4. The number of hydrogen-bond acceptors (Lipinski definition) is 2. The molecule has 116 valence electrons. The highest BCUT2D eigenvalue weighted by atomic mass is 79.9. The minimum atomic E-state index is 0. The molecular weight excluding hydrogens is 376 g/mol. The van der Waals surface area contributed by atoms with Gasteiger partial charge in [-0.1, -0.05) is 58.7 Å². The van der Waals surface area contributed by atoms with Crippen molar-refractivity contribution in [2.24, 2.45) is 0 Å². The fraction of sp³-hybridized carbons (Fsp3) is 0.0556. The van der Waals surface area contributed by atoms with Gasteiger partial charge in [-0.3, -0.25) is 4.79 Å². The van der Waals surface area contributed by atoms with Crippen molar-refractivity contribution in [1.29, 1.82) is 0 Å². The molecule has 5 heteroatoms. The van der Waals surface area contributed by atoms with Gasteiger partial charge in [0.2, 0.25) is 12.3 Å². The van der Waals surface area contributed by atoms with Crippen molar-refractivity contribution in [2.45, 2.75) is 6.54 Å². The largest absolute Gasteiger partial charge is 1.00 e. The topological polar surface area (TPSA) is 33.8 Å². The van der Waals surface area contributed by atoms with Crippen molar-refractivity contribution >= 4 is 17.4 Å². The predicted octanol–water partition coefficient (Wildman–Crippen LogP) is 0.576. The van der Waals surface area contributed by atoms with Crippen LogP contribution in [-0.2, 0) is 6.54 Å². The van der Waals surface area contributed by atoms with E-state index in [0.29, 0.717) is 10.6 Å². The number of carbonyl (C=O) groups is 1. The first-order valence-corrected chi connectivity index (χ1v) is 7.31. The van der Waals surface area contributed by atoms with E-state index in [0.717, 1.165) is 11.3 Å². The second kappa shape index (κ2) is 7.99. The molecule has 2 aromatic carbocycles. The molecule has 3 nitrogen and oxygen atoms in total. The van der Waals surface area contributed by atoms with Crippen molar-refractivity contribution in [3.63, 3.8) is 0 Å². The third kappa shape index (κ3) is 4.47. The highest BCUT2D eigenvalue weighted by Gasteiger charge is 2.14. The summed E-state index contributed by atoms with van der Waals surface area (Å²) in [5, 5.41) is 5.18. The fourth-order valence-electron chi connectivity index (χ4n) is 2.16. The highest BCUT2D eigenvalue weighted by molar-refractivity contribution is 6.30. The normalized spacial score (nSPS) is 9.96. The molecule has 0 aliphatic rings. The lowest BCUT2D eigenvalue weighted by molar-refractivity contribution is -0.740. The van der Waals surface area contributed by atoms with Crippen molar-refractivity contribution in [3.05, 3.63) is 83.5 Å². The van der Waals surface area contributed by atoms with Gasteiger partial charge >= 0.3 is 0 Å². The van der Waals surface area contributed by atoms with E-state index in [1.165, 1.54) is 0 Å². The van der Waals surface area contributed by atoms with E-state index in [9.17, 15) is 4.79 Å². The Hall–Kier alpha value is -2.04. The lowest BCUT2D eigenvalue weighted by Gasteiger charge is -2.00. The van der Waals surface area contributed by atoms with Gasteiger partial charge in [0, 0.05) is 27.3 Å². The summed E-state index contributed by atoms with van der Waals surface area (Å²) in [6.07, 6.45) is 1.79. The molecule has 3 rings (SSSR count). The summed E-state index contributed by atoms with van der Waals surface area (Å²) in [6, 6.07) is 20.5. The van der Waals surface area contributed by atoms with Crippen LogP contribution in [0.3, 0.4) is 0 Å². The number of ketones is 1. The van der Waals surface area contributed by atoms with Gasteiger partial charge in [-0.25, -0.2) is 0 Å². The monoisotopic (exact) mass is 388 g/mol. The average molecular weight is 390 g/mol. The van der Waals surface area contributed by atoms with E-state index in [4.69, 9.17) is 11.6 Å². The van der Waals surface area contributed by atoms with Gasteiger partial charge in [0.25, 0.3) is 0 Å². The Morgan fingerprint density at radius 1 is 0.957 bits per heavy atom. The molecule has 0 unspecified atom stereocenters. The first-order chi connectivity index (χ1) is 10.7. The maximum atomic E-state index is 12.2. The molecule has 0 amide bonds. The Kier molecular flexibility index (Phi) is 6.02. The fourth-order valence-corrected chi connectivity index (χ4v) is 2.29. The van der Waals surface area contributed by atoms with E-state index in [-0.39, 0.29) is 29.3 Å². The van der Waals surface area contributed by atoms with Gasteiger partial charge in [0.1, 0.15) is 5.69 Å². The smallest absolute Gasteiger partial charge is 0.236 e. The summed E-state index contributed by atoms with van der Waals surface area (Å²) in [7, 11) is 0. The van der Waals surface area contributed by atoms with E-state index < -0.39 is 0 Å². The van der Waals surface area contributed by atoms with Crippen LogP contribution in [0.2, 0.25) is 5.02 Å². The molecule has 0 atom stereocenters. The van der Waals surface area contributed by atoms with Crippen LogP contribution in [0, 0.1) is 0 Å². The van der Waals surface area contributed by atoms with Crippen LogP contribution >= 0.6 is 11.6 Å². The summed E-state index contributed by atoms with van der Waals surface area (Å²) in [4.78, 5) is 12.2. The molecule has 0 bridgehead atoms. The van der Waals surface area contributed by atoms with E-state index in [1.54, 1.807) is 10.9 Å². The Morgan fingerprint density at radius 3 is 2.35 bits per heavy atom. The summed E-state index contributed by atoms with van der Waals surface area (Å²) in [5.41, 5.74) is 2.46. The van der Waals surface area contributed by atoms with Crippen LogP contribution in [0.25, 0.3) is 11.3 Å². The van der Waals surface area contributed by atoms with Crippen molar-refractivity contribution in [1.82, 2.24) is 5.10 Å². The van der Waals surface area contributed by atoms with Gasteiger partial charge < -0.3 is 17.0 Å². The zero-order valence-corrected chi connectivity index (χ0v) is 14.5. The third-order valence-electron chi connectivity index (χ3n) is 3.29. The number of carbonyl (C=O) groups excluding carboxylic acids is 1. The maximum Gasteiger partial charge on any atom is 0.236 e. The molecular formula is C18H14BrClN2O. The van der Waals surface area contributed by atoms with E-state index >= 15 is 0 Å². The van der Waals surface area contributed by atoms with Crippen molar-refractivity contribution in [2.75, 3.05) is 0 Å². The number of nitrogens with zero attached hydrogens (tertiary/aromatic N) is 2. The van der Waals surface area contributed by atoms with Crippen LogP contribution < -0.4 is 21.7 Å². The number of Topliss-reactive ketones (excluding diaryl/α,β-unsaturated/α-hetero) is 1. The molecule has 0 aliphatic carbocycles. The number of aromatic nitrogens is 2. The molecule has 23 heavy (non-hydrogen) atoms. The van der Waals surface area contributed by atoms with Gasteiger partial charge in [-0.2, -0.15) is 0 Å². The Labute approximate surface area is 150 Å². The van der Waals surface area contributed by atoms with Crippen LogP contribution in [-0.4, -0.2) is 10.9 Å². The van der Waals surface area contributed by atoms with Crippen molar-refractivity contribution < 1.29 is 26.5 Å². The van der Waals surface area contributed by atoms with Gasteiger partial charge in [-0.05, 0) is 18.2 Å². The first kappa shape index (κ1) is 17.3. The first-order valence-electron chi connectivity index (χ1n) is 6.93. The summed E-state index contributed by atoms with van der Waals surface area (Å²) in [6.45, 7) is 0.214. The molecule has 0 saturated heterocycles. The number of hydrogen-bond donors (Lipinski definition) is 0. The van der Waals surface area contributed by atoms with Crippen LogP contribution in [0.15, 0.2) is 72.9 Å². The third-order valence-corrected chi connectivity index (χ3v) is 3.54. The minimum absolute atomic E-state index is 0. The number of rotatable bonds is 4. The zero-order valence-electron chi connectivity index (χ0n) is 12.2. The number of halogens is 2. The van der Waals surface area contributed by atoms with Gasteiger partial charge in [-0.15, -0.1) is 0 Å². The minimum Gasteiger partial charge on any atom is -1.00 e. The van der Waals surface area contributed by atoms with E-state index in [2.05, 4.69) is 5.10 Å². The van der Waals surface area contributed by atoms with Gasteiger partial charge in [0.05, 0.1) is 0 Å². The molecule has 0 N–H and O–H groups in total. The second-order valence-corrected chi connectivity index (χ2v) is 5.32. The van der Waals surface area contributed by atoms with Crippen LogP contribution in [0.4, 0.5) is 0 Å². The average Bonchev–Trinajstić information content (AvgIpc) is 2.56. The van der Waals surface area contributed by atoms with Crippen LogP contribution in [0.1, 0.15) is 10.4 Å². The van der Waals surface area contributed by atoms with Crippen molar-refractivity contribution in [3.8, 4) is 11.3 Å². The van der Waals surface area contributed by atoms with Gasteiger partial charge in [0.15, 0.2) is 6.20 Å². The Morgan fingerprint density at radius 2 is 1.65 bits per heavy atom. The SMILES string of the molecule is O=C(C[n+]1cccc(-c2ccc(Cl)cc2)n1)c1ccccc1.[Br-]. The second-order valence-electron chi connectivity index (χ2n) is 4.89. The summed E-state index contributed by atoms with van der Waals surface area (Å²) in [5.74, 6) is 0.0337. The lowest BCUT2D eigenvalue weighted by atomic mass is 10.1. The molecule has 1 heterocycles. The summed E-state index contributed by atoms with van der Waals surface area (Å²) >= 11 is 5.90. The molecule has 0 aliphatic heterocycles. The Balaban J connectivity index is 0.00000192. The Bertz CT molecular complexity index is 792. The molecule has 1 aromatic heterocycles. The highest BCUT2D eigenvalue weighted by Crippen LogP contribution is 2.18. The molecule has 0 fully saturated rings. The molecule has 3 aromatic rings. The number of benzene rings is 2. The molecule has 0 radical (unpaired) electrons. The summed E-state index contributed by atoms with van der Waals surface area (Å²) < 4.78 is 1.65. The van der Waals surface area contributed by atoms with E-state index in [1.807, 2.05) is 66.7 Å². The standard InChI is InChI=1S/C18H14ClN2O.BrH/c19-16-10-8-14(9-11-16)17-7-4-12-21(20-17)13-18(22)15-5-2-1-3-6-15;/h1-12H,13H2;1H/q+1;/p-1. The molecule has 0 spiro atoms. The quantitative estimate of drug-likeness (QED) is 0.483. The lowest BCUT2D eigenvalue weighted by Crippen LogP contribution is -3.00. The maximum absolute atomic E-state index is 12.2. The predicted molar refractivity (Wildman–Crippen MR) is 85.7 cm³/mol.